The Hall–Kier alpha value is -0.860. The van der Waals surface area contributed by atoms with Crippen molar-refractivity contribution < 1.29 is 0 Å². The molecule has 4 nitrogen and oxygen atoms in total. The first-order valence-corrected chi connectivity index (χ1v) is 9.49. The molecule has 0 unspecified atom stereocenters. The first-order chi connectivity index (χ1) is 11.6. The van der Waals surface area contributed by atoms with Crippen LogP contribution < -0.4 is 10.6 Å². The highest BCUT2D eigenvalue weighted by molar-refractivity contribution is 14.0. The van der Waals surface area contributed by atoms with Crippen LogP contribution in [0.25, 0.3) is 0 Å². The number of halogens is 2. The van der Waals surface area contributed by atoms with Crippen molar-refractivity contribution in [2.45, 2.75) is 38.1 Å². The lowest BCUT2D eigenvalue weighted by atomic mass is 9.96. The molecule has 1 fully saturated rings. The second-order valence-corrected chi connectivity index (χ2v) is 7.78. The lowest BCUT2D eigenvalue weighted by Crippen LogP contribution is -2.40. The largest absolute Gasteiger partial charge is 0.356 e. The number of rotatable bonds is 6. The number of nitrogens with zero attached hydrogens (tertiary/aromatic N) is 2. The number of hydrogen-bond acceptors (Lipinski definition) is 3. The molecule has 1 aliphatic carbocycles. The van der Waals surface area contributed by atoms with E-state index in [0.717, 1.165) is 29.0 Å². The van der Waals surface area contributed by atoms with Gasteiger partial charge in [-0.3, -0.25) is 4.99 Å². The van der Waals surface area contributed by atoms with Gasteiger partial charge in [0.2, 0.25) is 0 Å². The summed E-state index contributed by atoms with van der Waals surface area (Å²) in [5.41, 5.74) is 1.57. The fraction of sp³-hybridized carbons (Fsp3) is 0.444. The molecule has 1 aromatic carbocycles. The average Bonchev–Trinajstić information content (AvgIpc) is 3.25. The summed E-state index contributed by atoms with van der Waals surface area (Å²) in [6, 6.07) is 8.21. The third-order valence-corrected chi connectivity index (χ3v) is 5.88. The van der Waals surface area contributed by atoms with Gasteiger partial charge in [0.1, 0.15) is 5.01 Å². The molecule has 0 spiro atoms. The van der Waals surface area contributed by atoms with E-state index in [9.17, 15) is 0 Å². The normalized spacial score (nSPS) is 15.4. The van der Waals surface area contributed by atoms with Gasteiger partial charge in [0.05, 0.1) is 6.54 Å². The summed E-state index contributed by atoms with van der Waals surface area (Å²) in [4.78, 5) is 10.1. The van der Waals surface area contributed by atoms with Crippen LogP contribution in [0, 0.1) is 0 Å². The number of aromatic nitrogens is 1. The van der Waals surface area contributed by atoms with Crippen LogP contribution in [0.3, 0.4) is 0 Å². The summed E-state index contributed by atoms with van der Waals surface area (Å²) < 4.78 is 0. The first kappa shape index (κ1) is 20.5. The van der Waals surface area contributed by atoms with E-state index in [-0.39, 0.29) is 29.4 Å². The van der Waals surface area contributed by atoms with E-state index in [1.165, 1.54) is 23.3 Å². The fourth-order valence-corrected chi connectivity index (χ4v) is 3.68. The van der Waals surface area contributed by atoms with Gasteiger partial charge in [0.25, 0.3) is 0 Å². The molecule has 1 heterocycles. The predicted octanol–water partition coefficient (Wildman–Crippen LogP) is 4.37. The van der Waals surface area contributed by atoms with Crippen LogP contribution in [0.5, 0.6) is 0 Å². The molecule has 1 aliphatic rings. The van der Waals surface area contributed by atoms with E-state index in [4.69, 9.17) is 11.6 Å². The molecule has 1 saturated carbocycles. The third-order valence-electron chi connectivity index (χ3n) is 4.48. The maximum atomic E-state index is 5.99. The van der Waals surface area contributed by atoms with Crippen LogP contribution in [0.4, 0.5) is 0 Å². The summed E-state index contributed by atoms with van der Waals surface area (Å²) in [5, 5.41) is 8.69. The van der Waals surface area contributed by atoms with Gasteiger partial charge in [0.15, 0.2) is 5.96 Å². The van der Waals surface area contributed by atoms with Gasteiger partial charge >= 0.3 is 0 Å². The van der Waals surface area contributed by atoms with Gasteiger partial charge in [-0.1, -0.05) is 30.7 Å². The fourth-order valence-electron chi connectivity index (χ4n) is 2.75. The number of hydrogen-bond donors (Lipinski definition) is 2. The van der Waals surface area contributed by atoms with Crippen LogP contribution in [0.2, 0.25) is 5.02 Å². The maximum Gasteiger partial charge on any atom is 0.191 e. The van der Waals surface area contributed by atoms with Crippen molar-refractivity contribution >= 4 is 52.9 Å². The highest BCUT2D eigenvalue weighted by atomic mass is 127. The molecule has 7 heteroatoms. The van der Waals surface area contributed by atoms with Crippen LogP contribution in [0.1, 0.15) is 35.2 Å². The quantitative estimate of drug-likeness (QED) is 0.359. The number of aryl methyl sites for hydroxylation is 1. The number of benzene rings is 1. The third kappa shape index (κ3) is 5.31. The van der Waals surface area contributed by atoms with Gasteiger partial charge in [0, 0.05) is 35.1 Å². The molecule has 0 atom stereocenters. The molecule has 0 aliphatic heterocycles. The van der Waals surface area contributed by atoms with Gasteiger partial charge < -0.3 is 10.6 Å². The number of aliphatic imine (C=N–C) groups is 1. The summed E-state index contributed by atoms with van der Waals surface area (Å²) in [6.07, 6.45) is 5.39. The lowest BCUT2D eigenvalue weighted by molar-refractivity contribution is 0.645. The zero-order valence-electron chi connectivity index (χ0n) is 14.5. The van der Waals surface area contributed by atoms with E-state index in [1.54, 1.807) is 18.4 Å². The molecule has 0 radical (unpaired) electrons. The molecule has 25 heavy (non-hydrogen) atoms. The van der Waals surface area contributed by atoms with Crippen molar-refractivity contribution in [2.24, 2.45) is 4.99 Å². The Balaban J connectivity index is 0.00000225. The van der Waals surface area contributed by atoms with Gasteiger partial charge in [-0.2, -0.15) is 0 Å². The van der Waals surface area contributed by atoms with E-state index in [1.807, 2.05) is 18.3 Å². The minimum absolute atomic E-state index is 0. The van der Waals surface area contributed by atoms with Crippen LogP contribution in [0.15, 0.2) is 35.5 Å². The van der Waals surface area contributed by atoms with Crippen LogP contribution in [-0.2, 0) is 18.4 Å². The standard InChI is InChI=1S/C18H23ClN4S.HI/c1-3-15-10-21-16(24-15)11-22-17(20-2)23-12-18(8-9-18)13-4-6-14(19)7-5-13;/h4-7,10H,3,8-9,11-12H2,1-2H3,(H2,20,22,23);1H. The van der Waals surface area contributed by atoms with Crippen molar-refractivity contribution in [2.75, 3.05) is 13.6 Å². The van der Waals surface area contributed by atoms with Crippen molar-refractivity contribution in [1.29, 1.82) is 0 Å². The second kappa shape index (κ2) is 9.19. The summed E-state index contributed by atoms with van der Waals surface area (Å²) in [5.74, 6) is 0.823. The Bertz CT molecular complexity index is 710. The predicted molar refractivity (Wildman–Crippen MR) is 117 cm³/mol. The molecule has 0 amide bonds. The topological polar surface area (TPSA) is 49.3 Å². The van der Waals surface area contributed by atoms with Gasteiger partial charge in [-0.15, -0.1) is 35.3 Å². The van der Waals surface area contributed by atoms with Crippen LogP contribution in [-0.4, -0.2) is 24.5 Å². The molecule has 0 saturated heterocycles. The Morgan fingerprint density at radius 1 is 1.28 bits per heavy atom. The highest BCUT2D eigenvalue weighted by Gasteiger charge is 2.44. The zero-order chi connectivity index (χ0) is 17.0. The van der Waals surface area contributed by atoms with E-state index in [2.05, 4.69) is 39.7 Å². The van der Waals surface area contributed by atoms with Gasteiger partial charge in [-0.25, -0.2) is 4.98 Å². The van der Waals surface area contributed by atoms with Crippen molar-refractivity contribution in [3.05, 3.63) is 50.9 Å². The summed E-state index contributed by atoms with van der Waals surface area (Å²) in [7, 11) is 1.80. The molecule has 3 rings (SSSR count). The minimum Gasteiger partial charge on any atom is -0.356 e. The first-order valence-electron chi connectivity index (χ1n) is 8.29. The SMILES string of the molecule is CCc1cnc(CNC(=NC)NCC2(c3ccc(Cl)cc3)CC2)s1.I. The number of guanidine groups is 1. The monoisotopic (exact) mass is 490 g/mol. The Morgan fingerprint density at radius 3 is 2.56 bits per heavy atom. The molecular weight excluding hydrogens is 467 g/mol. The highest BCUT2D eigenvalue weighted by Crippen LogP contribution is 2.47. The van der Waals surface area contributed by atoms with Gasteiger partial charge in [-0.05, 0) is 37.0 Å². The van der Waals surface area contributed by atoms with Crippen molar-refractivity contribution in [3.8, 4) is 0 Å². The number of nitrogens with one attached hydrogen (secondary N) is 2. The van der Waals surface area contributed by atoms with E-state index >= 15 is 0 Å². The zero-order valence-corrected chi connectivity index (χ0v) is 18.4. The lowest BCUT2D eigenvalue weighted by Gasteiger charge is -2.19. The Kier molecular flexibility index (Phi) is 7.51. The summed E-state index contributed by atoms with van der Waals surface area (Å²) >= 11 is 7.74. The van der Waals surface area contributed by atoms with E-state index < -0.39 is 0 Å². The molecule has 1 aromatic heterocycles. The smallest absolute Gasteiger partial charge is 0.191 e. The molecule has 2 aromatic rings. The van der Waals surface area contributed by atoms with Crippen molar-refractivity contribution in [1.82, 2.24) is 15.6 Å². The average molecular weight is 491 g/mol. The minimum atomic E-state index is 0. The van der Waals surface area contributed by atoms with E-state index in [0.29, 0.717) is 6.54 Å². The molecule has 0 bridgehead atoms. The molecule has 136 valence electrons. The Morgan fingerprint density at radius 2 is 2.00 bits per heavy atom. The number of thiazole rings is 1. The van der Waals surface area contributed by atoms with Crippen LogP contribution >= 0.6 is 46.9 Å². The second-order valence-electron chi connectivity index (χ2n) is 6.14. The summed E-state index contributed by atoms with van der Waals surface area (Å²) in [6.45, 7) is 3.74. The van der Waals surface area contributed by atoms with Crippen molar-refractivity contribution in [3.63, 3.8) is 0 Å². The maximum absolute atomic E-state index is 5.99. The Labute approximate surface area is 175 Å². The molecule has 2 N–H and O–H groups in total. The molecular formula is C18H24ClIN4S.